The van der Waals surface area contributed by atoms with Crippen LogP contribution in [0, 0.1) is 6.92 Å². The van der Waals surface area contributed by atoms with Gasteiger partial charge in [-0.05, 0) is 12.5 Å². The highest BCUT2D eigenvalue weighted by Crippen LogP contribution is 2.19. The molecule has 0 radical (unpaired) electrons. The van der Waals surface area contributed by atoms with Gasteiger partial charge in [0.05, 0.1) is 0 Å². The van der Waals surface area contributed by atoms with E-state index in [9.17, 15) is 0 Å². The van der Waals surface area contributed by atoms with Crippen LogP contribution in [-0.2, 0) is 7.05 Å². The molecule has 1 heterocycles. The first kappa shape index (κ1) is 11.5. The standard InChI is InChI=1S/C11H12N2.C2H6/c1-9-5-3-4-6-10(9)11-12-7-8-13(11)2;1-2/h3-8H,1-2H3;1-2H3. The Kier molecular flexibility index (Phi) is 4.10. The normalized spacial score (nSPS) is 9.33. The Hall–Kier alpha value is -1.57. The van der Waals surface area contributed by atoms with E-state index in [4.69, 9.17) is 0 Å². The second-order valence-electron chi connectivity index (χ2n) is 3.18. The monoisotopic (exact) mass is 202 g/mol. The summed E-state index contributed by atoms with van der Waals surface area (Å²) in [5.74, 6) is 1.03. The molecule has 0 N–H and O–H groups in total. The molecule has 0 spiro atoms. The average Bonchev–Trinajstić information content (AvgIpc) is 2.68. The third-order valence-electron chi connectivity index (χ3n) is 2.21. The smallest absolute Gasteiger partial charge is 0.139 e. The van der Waals surface area contributed by atoms with E-state index in [0.29, 0.717) is 0 Å². The van der Waals surface area contributed by atoms with Gasteiger partial charge >= 0.3 is 0 Å². The zero-order valence-electron chi connectivity index (χ0n) is 9.86. The van der Waals surface area contributed by atoms with Gasteiger partial charge in [-0.2, -0.15) is 0 Å². The van der Waals surface area contributed by atoms with Gasteiger partial charge in [0.25, 0.3) is 0 Å². The fraction of sp³-hybridized carbons (Fsp3) is 0.308. The lowest BCUT2D eigenvalue weighted by Gasteiger charge is -2.04. The van der Waals surface area contributed by atoms with Crippen LogP contribution in [0.25, 0.3) is 11.4 Å². The van der Waals surface area contributed by atoms with Gasteiger partial charge in [0.2, 0.25) is 0 Å². The van der Waals surface area contributed by atoms with Crippen molar-refractivity contribution in [3.8, 4) is 11.4 Å². The van der Waals surface area contributed by atoms with Crippen LogP contribution in [0.3, 0.4) is 0 Å². The van der Waals surface area contributed by atoms with Crippen molar-refractivity contribution >= 4 is 0 Å². The van der Waals surface area contributed by atoms with Crippen molar-refractivity contribution in [1.29, 1.82) is 0 Å². The molecule has 0 atom stereocenters. The summed E-state index contributed by atoms with van der Waals surface area (Å²) in [4.78, 5) is 4.31. The van der Waals surface area contributed by atoms with Crippen LogP contribution in [0.15, 0.2) is 36.7 Å². The molecule has 2 rings (SSSR count). The molecule has 0 bridgehead atoms. The summed E-state index contributed by atoms with van der Waals surface area (Å²) >= 11 is 0. The number of benzene rings is 1. The van der Waals surface area contributed by atoms with E-state index in [0.717, 1.165) is 5.82 Å². The first-order chi connectivity index (χ1) is 7.29. The molecule has 0 fully saturated rings. The summed E-state index contributed by atoms with van der Waals surface area (Å²) in [6.45, 7) is 6.10. The number of nitrogens with zero attached hydrogens (tertiary/aromatic N) is 2. The largest absolute Gasteiger partial charge is 0.334 e. The highest BCUT2D eigenvalue weighted by atomic mass is 15.0. The maximum atomic E-state index is 4.31. The summed E-state index contributed by atoms with van der Waals surface area (Å²) in [6, 6.07) is 8.28. The molecule has 80 valence electrons. The highest BCUT2D eigenvalue weighted by Gasteiger charge is 2.04. The number of aromatic nitrogens is 2. The second-order valence-corrected chi connectivity index (χ2v) is 3.18. The summed E-state index contributed by atoms with van der Waals surface area (Å²) in [5, 5.41) is 0. The second kappa shape index (κ2) is 5.35. The highest BCUT2D eigenvalue weighted by molar-refractivity contribution is 5.59. The average molecular weight is 202 g/mol. The molecular weight excluding hydrogens is 184 g/mol. The molecular formula is C13H18N2. The zero-order chi connectivity index (χ0) is 11.3. The molecule has 0 aliphatic rings. The van der Waals surface area contributed by atoms with Gasteiger partial charge in [-0.25, -0.2) is 4.98 Å². The van der Waals surface area contributed by atoms with E-state index in [-0.39, 0.29) is 0 Å². The minimum Gasteiger partial charge on any atom is -0.334 e. The number of rotatable bonds is 1. The van der Waals surface area contributed by atoms with Crippen LogP contribution in [-0.4, -0.2) is 9.55 Å². The molecule has 1 aromatic carbocycles. The SMILES string of the molecule is CC.Cc1ccccc1-c1nccn1C. The van der Waals surface area contributed by atoms with Crippen LogP contribution >= 0.6 is 0 Å². The Morgan fingerprint density at radius 1 is 1.13 bits per heavy atom. The van der Waals surface area contributed by atoms with Gasteiger partial charge in [-0.1, -0.05) is 38.1 Å². The fourth-order valence-electron chi connectivity index (χ4n) is 1.45. The molecule has 2 aromatic rings. The minimum absolute atomic E-state index is 1.03. The Balaban J connectivity index is 0.000000531. The number of hydrogen-bond acceptors (Lipinski definition) is 1. The maximum absolute atomic E-state index is 4.31. The van der Waals surface area contributed by atoms with E-state index in [1.165, 1.54) is 11.1 Å². The minimum atomic E-state index is 1.03. The van der Waals surface area contributed by atoms with Crippen molar-refractivity contribution in [3.63, 3.8) is 0 Å². The van der Waals surface area contributed by atoms with E-state index >= 15 is 0 Å². The van der Waals surface area contributed by atoms with Crippen molar-refractivity contribution in [2.45, 2.75) is 20.8 Å². The van der Waals surface area contributed by atoms with E-state index < -0.39 is 0 Å². The lowest BCUT2D eigenvalue weighted by molar-refractivity contribution is 0.923. The van der Waals surface area contributed by atoms with Gasteiger partial charge in [-0.15, -0.1) is 0 Å². The molecule has 1 aromatic heterocycles. The first-order valence-electron chi connectivity index (χ1n) is 5.32. The molecule has 2 nitrogen and oxygen atoms in total. The summed E-state index contributed by atoms with van der Waals surface area (Å²) in [6.07, 6.45) is 3.78. The van der Waals surface area contributed by atoms with Crippen molar-refractivity contribution in [2.75, 3.05) is 0 Å². The van der Waals surface area contributed by atoms with Gasteiger partial charge in [0.1, 0.15) is 5.82 Å². The van der Waals surface area contributed by atoms with Crippen molar-refractivity contribution in [1.82, 2.24) is 9.55 Å². The van der Waals surface area contributed by atoms with Crippen LogP contribution in [0.1, 0.15) is 19.4 Å². The van der Waals surface area contributed by atoms with Crippen LogP contribution < -0.4 is 0 Å². The van der Waals surface area contributed by atoms with E-state index in [2.05, 4.69) is 24.0 Å². The van der Waals surface area contributed by atoms with Gasteiger partial charge in [0.15, 0.2) is 0 Å². The Labute approximate surface area is 91.6 Å². The maximum Gasteiger partial charge on any atom is 0.139 e. The molecule has 0 saturated carbocycles. The summed E-state index contributed by atoms with van der Waals surface area (Å²) < 4.78 is 2.03. The topological polar surface area (TPSA) is 17.8 Å². The number of aryl methyl sites for hydroxylation is 2. The van der Waals surface area contributed by atoms with Crippen molar-refractivity contribution < 1.29 is 0 Å². The van der Waals surface area contributed by atoms with E-state index in [1.807, 2.05) is 50.0 Å². The van der Waals surface area contributed by atoms with Gasteiger partial charge in [-0.3, -0.25) is 0 Å². The molecule has 0 aliphatic heterocycles. The van der Waals surface area contributed by atoms with E-state index in [1.54, 1.807) is 0 Å². The lowest BCUT2D eigenvalue weighted by Crippen LogP contribution is -1.92. The quantitative estimate of drug-likeness (QED) is 0.692. The van der Waals surface area contributed by atoms with Crippen molar-refractivity contribution in [3.05, 3.63) is 42.2 Å². The number of hydrogen-bond donors (Lipinski definition) is 0. The Morgan fingerprint density at radius 2 is 1.80 bits per heavy atom. The Morgan fingerprint density at radius 3 is 2.33 bits per heavy atom. The Bertz CT molecular complexity index is 416. The lowest BCUT2D eigenvalue weighted by atomic mass is 10.1. The third kappa shape index (κ3) is 2.46. The summed E-state index contributed by atoms with van der Waals surface area (Å²) in [7, 11) is 2.01. The fourth-order valence-corrected chi connectivity index (χ4v) is 1.45. The number of imidazole rings is 1. The molecule has 15 heavy (non-hydrogen) atoms. The van der Waals surface area contributed by atoms with Crippen LogP contribution in [0.4, 0.5) is 0 Å². The molecule has 0 saturated heterocycles. The predicted octanol–water partition coefficient (Wildman–Crippen LogP) is 3.42. The van der Waals surface area contributed by atoms with Crippen molar-refractivity contribution in [2.24, 2.45) is 7.05 Å². The molecule has 0 unspecified atom stereocenters. The summed E-state index contributed by atoms with van der Waals surface area (Å²) in [5.41, 5.74) is 2.46. The molecule has 0 aliphatic carbocycles. The van der Waals surface area contributed by atoms with Crippen LogP contribution in [0.5, 0.6) is 0 Å². The van der Waals surface area contributed by atoms with Gasteiger partial charge in [0, 0.05) is 25.0 Å². The first-order valence-corrected chi connectivity index (χ1v) is 5.32. The molecule has 0 amide bonds. The predicted molar refractivity (Wildman–Crippen MR) is 64.7 cm³/mol. The van der Waals surface area contributed by atoms with Crippen LogP contribution in [0.2, 0.25) is 0 Å². The third-order valence-corrected chi connectivity index (χ3v) is 2.21. The molecule has 2 heteroatoms. The van der Waals surface area contributed by atoms with Gasteiger partial charge < -0.3 is 4.57 Å². The zero-order valence-corrected chi connectivity index (χ0v) is 9.86.